The second kappa shape index (κ2) is 4.45. The van der Waals surface area contributed by atoms with Gasteiger partial charge in [0.15, 0.2) is 0 Å². The molecule has 0 saturated heterocycles. The van der Waals surface area contributed by atoms with E-state index in [-0.39, 0.29) is 12.4 Å². The van der Waals surface area contributed by atoms with E-state index in [0.717, 1.165) is 9.13 Å². The zero-order valence-corrected chi connectivity index (χ0v) is 9.37. The van der Waals surface area contributed by atoms with Crippen LogP contribution in [0.4, 0.5) is 5.69 Å². The van der Waals surface area contributed by atoms with E-state index in [1.165, 1.54) is 7.11 Å². The van der Waals surface area contributed by atoms with Gasteiger partial charge in [0.1, 0.15) is 0 Å². The highest BCUT2D eigenvalue weighted by Crippen LogP contribution is 2.14. The lowest BCUT2D eigenvalue weighted by atomic mass is 10.1. The van der Waals surface area contributed by atoms with Gasteiger partial charge in [-0.15, -0.1) is 0 Å². The van der Waals surface area contributed by atoms with Gasteiger partial charge in [-0.1, -0.05) is 0 Å². The highest BCUT2D eigenvalue weighted by Gasteiger charge is 2.03. The van der Waals surface area contributed by atoms with Crippen LogP contribution < -0.4 is 5.73 Å². The third-order valence-corrected chi connectivity index (χ3v) is 2.18. The molecule has 1 rings (SSSR count). The minimum atomic E-state index is -0.249. The lowest BCUT2D eigenvalue weighted by molar-refractivity contribution is -0.139. The van der Waals surface area contributed by atoms with Gasteiger partial charge in [0.2, 0.25) is 0 Å². The minimum absolute atomic E-state index is 0.249. The van der Waals surface area contributed by atoms with Crippen LogP contribution in [0, 0.1) is 3.57 Å². The molecule has 1 aromatic rings. The molecule has 0 radical (unpaired) electrons. The summed E-state index contributed by atoms with van der Waals surface area (Å²) in [5, 5.41) is 0. The molecule has 0 saturated carbocycles. The molecule has 0 amide bonds. The van der Waals surface area contributed by atoms with E-state index in [1.807, 2.05) is 12.1 Å². The van der Waals surface area contributed by atoms with Crippen molar-refractivity contribution < 1.29 is 9.53 Å². The molecule has 4 heteroatoms. The summed E-state index contributed by atoms with van der Waals surface area (Å²) in [6.07, 6.45) is 0.275. The Balaban J connectivity index is 2.83. The van der Waals surface area contributed by atoms with Gasteiger partial charge in [0, 0.05) is 9.26 Å². The van der Waals surface area contributed by atoms with Crippen molar-refractivity contribution in [2.24, 2.45) is 0 Å². The molecule has 3 nitrogen and oxygen atoms in total. The molecule has 0 atom stereocenters. The summed E-state index contributed by atoms with van der Waals surface area (Å²) in [5.41, 5.74) is 7.18. The van der Waals surface area contributed by atoms with Crippen molar-refractivity contribution in [1.82, 2.24) is 0 Å². The fourth-order valence-corrected chi connectivity index (χ4v) is 1.78. The van der Waals surface area contributed by atoms with Crippen LogP contribution >= 0.6 is 22.6 Å². The Morgan fingerprint density at radius 1 is 1.54 bits per heavy atom. The van der Waals surface area contributed by atoms with Gasteiger partial charge in [0.25, 0.3) is 0 Å². The summed E-state index contributed by atoms with van der Waals surface area (Å²) in [7, 11) is 1.37. The Morgan fingerprint density at radius 3 is 2.77 bits per heavy atom. The van der Waals surface area contributed by atoms with Gasteiger partial charge >= 0.3 is 5.97 Å². The number of nitrogens with two attached hydrogens (primary N) is 1. The van der Waals surface area contributed by atoms with Crippen molar-refractivity contribution in [3.05, 3.63) is 27.3 Å². The number of anilines is 1. The predicted molar refractivity (Wildman–Crippen MR) is 59.3 cm³/mol. The summed E-state index contributed by atoms with van der Waals surface area (Å²) in [6.45, 7) is 0. The molecule has 0 spiro atoms. The standard InChI is InChI=1S/C9H10INO2/c1-13-9(12)4-6-2-7(10)5-8(11)3-6/h2-3,5H,4,11H2,1H3. The first-order valence-corrected chi connectivity index (χ1v) is 4.81. The van der Waals surface area contributed by atoms with Gasteiger partial charge in [-0.3, -0.25) is 4.79 Å². The first kappa shape index (κ1) is 10.3. The maximum Gasteiger partial charge on any atom is 0.309 e. The number of methoxy groups -OCH3 is 1. The van der Waals surface area contributed by atoms with Crippen LogP contribution in [0.1, 0.15) is 5.56 Å². The minimum Gasteiger partial charge on any atom is -0.469 e. The number of hydrogen-bond donors (Lipinski definition) is 1. The average molecular weight is 291 g/mol. The van der Waals surface area contributed by atoms with Crippen molar-refractivity contribution in [2.75, 3.05) is 12.8 Å². The summed E-state index contributed by atoms with van der Waals surface area (Å²) in [6, 6.07) is 5.54. The first-order chi connectivity index (χ1) is 6.11. The van der Waals surface area contributed by atoms with Gasteiger partial charge in [0.05, 0.1) is 13.5 Å². The number of benzene rings is 1. The van der Waals surface area contributed by atoms with E-state index in [2.05, 4.69) is 27.3 Å². The van der Waals surface area contributed by atoms with E-state index in [0.29, 0.717) is 5.69 Å². The van der Waals surface area contributed by atoms with E-state index >= 15 is 0 Å². The second-order valence-corrected chi connectivity index (χ2v) is 3.89. The highest BCUT2D eigenvalue weighted by molar-refractivity contribution is 14.1. The molecule has 0 aromatic heterocycles. The Labute approximate surface area is 90.4 Å². The Morgan fingerprint density at radius 2 is 2.23 bits per heavy atom. The van der Waals surface area contributed by atoms with Crippen LogP contribution in [0.3, 0.4) is 0 Å². The maximum absolute atomic E-state index is 10.9. The molecule has 0 aliphatic carbocycles. The summed E-state index contributed by atoms with van der Waals surface area (Å²) in [5.74, 6) is -0.249. The third kappa shape index (κ3) is 3.22. The zero-order chi connectivity index (χ0) is 9.84. The summed E-state index contributed by atoms with van der Waals surface area (Å²) >= 11 is 2.16. The van der Waals surface area contributed by atoms with Crippen molar-refractivity contribution in [1.29, 1.82) is 0 Å². The zero-order valence-electron chi connectivity index (χ0n) is 7.21. The van der Waals surface area contributed by atoms with E-state index < -0.39 is 0 Å². The van der Waals surface area contributed by atoms with Crippen molar-refractivity contribution in [3.8, 4) is 0 Å². The Hall–Kier alpha value is -0.780. The van der Waals surface area contributed by atoms with Crippen molar-refractivity contribution >= 4 is 34.2 Å². The first-order valence-electron chi connectivity index (χ1n) is 3.73. The summed E-state index contributed by atoms with van der Waals surface area (Å²) in [4.78, 5) is 10.9. The van der Waals surface area contributed by atoms with Crippen LogP contribution in [0.5, 0.6) is 0 Å². The van der Waals surface area contributed by atoms with Crippen LogP contribution in [-0.2, 0) is 16.0 Å². The molecule has 1 aromatic carbocycles. The van der Waals surface area contributed by atoms with Crippen LogP contribution in [0.15, 0.2) is 18.2 Å². The number of carbonyl (C=O) groups is 1. The molecule has 0 unspecified atom stereocenters. The van der Waals surface area contributed by atoms with Gasteiger partial charge in [-0.25, -0.2) is 0 Å². The Bertz CT molecular complexity index is 305. The topological polar surface area (TPSA) is 52.3 Å². The van der Waals surface area contributed by atoms with Crippen molar-refractivity contribution in [3.63, 3.8) is 0 Å². The second-order valence-electron chi connectivity index (χ2n) is 2.65. The quantitative estimate of drug-likeness (QED) is 0.511. The van der Waals surface area contributed by atoms with Gasteiger partial charge < -0.3 is 10.5 Å². The predicted octanol–water partition coefficient (Wildman–Crippen LogP) is 1.59. The van der Waals surface area contributed by atoms with E-state index in [4.69, 9.17) is 5.73 Å². The van der Waals surface area contributed by atoms with E-state index in [9.17, 15) is 4.79 Å². The molecule has 0 fully saturated rings. The summed E-state index contributed by atoms with van der Waals surface area (Å²) < 4.78 is 5.58. The molecule has 0 heterocycles. The van der Waals surface area contributed by atoms with Crippen LogP contribution in [-0.4, -0.2) is 13.1 Å². The number of nitrogen functional groups attached to an aromatic ring is 1. The number of hydrogen-bond acceptors (Lipinski definition) is 3. The molecular weight excluding hydrogens is 281 g/mol. The number of ether oxygens (including phenoxy) is 1. The largest absolute Gasteiger partial charge is 0.469 e. The lowest BCUT2D eigenvalue weighted by Gasteiger charge is -2.02. The normalized spacial score (nSPS) is 9.69. The fraction of sp³-hybridized carbons (Fsp3) is 0.222. The molecule has 2 N–H and O–H groups in total. The Kier molecular flexibility index (Phi) is 3.53. The number of rotatable bonds is 2. The third-order valence-electron chi connectivity index (χ3n) is 1.56. The van der Waals surface area contributed by atoms with Crippen LogP contribution in [0.2, 0.25) is 0 Å². The number of esters is 1. The average Bonchev–Trinajstić information content (AvgIpc) is 2.02. The SMILES string of the molecule is COC(=O)Cc1cc(N)cc(I)c1. The fourth-order valence-electron chi connectivity index (χ4n) is 1.02. The van der Waals surface area contributed by atoms with Gasteiger partial charge in [-0.05, 0) is 46.4 Å². The smallest absolute Gasteiger partial charge is 0.309 e. The van der Waals surface area contributed by atoms with E-state index in [1.54, 1.807) is 6.07 Å². The number of halogens is 1. The molecule has 13 heavy (non-hydrogen) atoms. The molecule has 70 valence electrons. The molecule has 0 aliphatic rings. The molecule has 0 bridgehead atoms. The molecule has 0 aliphatic heterocycles. The lowest BCUT2D eigenvalue weighted by Crippen LogP contribution is -2.05. The molecular formula is C9H10INO2. The van der Waals surface area contributed by atoms with Gasteiger partial charge in [-0.2, -0.15) is 0 Å². The monoisotopic (exact) mass is 291 g/mol. The maximum atomic E-state index is 10.9. The van der Waals surface area contributed by atoms with Crippen molar-refractivity contribution in [2.45, 2.75) is 6.42 Å². The number of carbonyl (C=O) groups excluding carboxylic acids is 1. The van der Waals surface area contributed by atoms with Crippen LogP contribution in [0.25, 0.3) is 0 Å². The highest BCUT2D eigenvalue weighted by atomic mass is 127.